The third-order valence-electron chi connectivity index (χ3n) is 7.09. The highest BCUT2D eigenvalue weighted by Gasteiger charge is 2.34. The van der Waals surface area contributed by atoms with Gasteiger partial charge in [0.25, 0.3) is 0 Å². The molecule has 5 nitrogen and oxygen atoms in total. The fourth-order valence-corrected chi connectivity index (χ4v) is 5.97. The molecule has 1 saturated heterocycles. The number of halogens is 2. The predicted octanol–water partition coefficient (Wildman–Crippen LogP) is 5.72. The molecule has 2 N–H and O–H groups in total. The molecule has 0 amide bonds. The number of pyridine rings is 1. The van der Waals surface area contributed by atoms with E-state index in [1.54, 1.807) is 25.1 Å². The number of likely N-dealkylation sites (tertiary alicyclic amines) is 1. The van der Waals surface area contributed by atoms with Crippen LogP contribution in [0.1, 0.15) is 37.4 Å². The first-order valence-electron chi connectivity index (χ1n) is 11.9. The van der Waals surface area contributed by atoms with Crippen molar-refractivity contribution in [1.82, 2.24) is 9.88 Å². The first-order valence-corrected chi connectivity index (χ1v) is 13.3. The van der Waals surface area contributed by atoms with Gasteiger partial charge in [0.05, 0.1) is 23.8 Å². The van der Waals surface area contributed by atoms with Gasteiger partial charge in [0.15, 0.2) is 0 Å². The number of hydrogen-bond donors (Lipinski definition) is 2. The van der Waals surface area contributed by atoms with Crippen molar-refractivity contribution >= 4 is 34.3 Å². The molecule has 1 aliphatic heterocycles. The summed E-state index contributed by atoms with van der Waals surface area (Å²) >= 11 is 8.19. The maximum Gasteiger partial charge on any atom is 0.123 e. The molecule has 188 valence electrons. The van der Waals surface area contributed by atoms with Crippen molar-refractivity contribution in [3.63, 3.8) is 0 Å². The predicted molar refractivity (Wildman–Crippen MR) is 140 cm³/mol. The molecule has 2 aromatic carbocycles. The number of rotatable bonds is 10. The number of aromatic nitrogens is 1. The highest BCUT2D eigenvalue weighted by molar-refractivity contribution is 7.99. The Bertz CT molecular complexity index is 1120. The Balaban J connectivity index is 1.33. The molecule has 1 aromatic heterocycles. The molecule has 4 rings (SSSR count). The number of hydrogen-bond acceptors (Lipinski definition) is 6. The van der Waals surface area contributed by atoms with E-state index in [-0.39, 0.29) is 17.8 Å². The number of benzene rings is 2. The SMILES string of the molecule is COc1ccc2ncc(Cl)c([C@@H](O)CCC3(CO)CCN(CCSc4ccc(F)cc4)CC3)c2c1. The standard InChI is InChI=1S/C27H32ClFN2O3S/c1-34-20-4-7-24-22(16-20)26(23(28)17-30-24)25(33)8-9-27(18-32)10-12-31(13-11-27)14-15-35-21-5-2-19(29)3-6-21/h2-7,16-17,25,32-33H,8-15,18H2,1H3/t25-/m0/s1. The maximum absolute atomic E-state index is 13.1. The molecule has 3 aromatic rings. The fraction of sp³-hybridized carbons (Fsp3) is 0.444. The normalized spacial score (nSPS) is 16.9. The molecule has 1 fully saturated rings. The third kappa shape index (κ3) is 6.46. The van der Waals surface area contributed by atoms with Gasteiger partial charge in [0.2, 0.25) is 0 Å². The molecule has 0 saturated carbocycles. The van der Waals surface area contributed by atoms with Crippen molar-refractivity contribution in [2.24, 2.45) is 5.41 Å². The zero-order chi connectivity index (χ0) is 24.8. The van der Waals surface area contributed by atoms with Gasteiger partial charge in [0, 0.05) is 40.9 Å². The van der Waals surface area contributed by atoms with E-state index in [1.165, 1.54) is 12.1 Å². The molecule has 1 aliphatic rings. The summed E-state index contributed by atoms with van der Waals surface area (Å²) in [7, 11) is 1.61. The van der Waals surface area contributed by atoms with Gasteiger partial charge in [-0.3, -0.25) is 4.98 Å². The van der Waals surface area contributed by atoms with Gasteiger partial charge in [-0.1, -0.05) is 11.6 Å². The van der Waals surface area contributed by atoms with Crippen LogP contribution in [0.5, 0.6) is 5.75 Å². The molecule has 0 bridgehead atoms. The van der Waals surface area contributed by atoms with Crippen LogP contribution in [0.15, 0.2) is 53.6 Å². The van der Waals surface area contributed by atoms with Crippen molar-refractivity contribution in [2.75, 3.05) is 39.1 Å². The summed E-state index contributed by atoms with van der Waals surface area (Å²) in [6.45, 7) is 2.89. The van der Waals surface area contributed by atoms with E-state index < -0.39 is 6.10 Å². The monoisotopic (exact) mass is 518 g/mol. The Morgan fingerprint density at radius 3 is 2.63 bits per heavy atom. The van der Waals surface area contributed by atoms with Gasteiger partial charge < -0.3 is 19.8 Å². The second-order valence-electron chi connectivity index (χ2n) is 9.26. The summed E-state index contributed by atoms with van der Waals surface area (Å²) in [5.41, 5.74) is 1.22. The van der Waals surface area contributed by atoms with E-state index in [4.69, 9.17) is 16.3 Å². The molecule has 35 heavy (non-hydrogen) atoms. The number of piperidine rings is 1. The van der Waals surface area contributed by atoms with Crippen LogP contribution in [0.25, 0.3) is 10.9 Å². The minimum Gasteiger partial charge on any atom is -0.497 e. The molecule has 0 radical (unpaired) electrons. The van der Waals surface area contributed by atoms with Gasteiger partial charge in [-0.05, 0) is 86.7 Å². The van der Waals surface area contributed by atoms with E-state index in [2.05, 4.69) is 9.88 Å². The lowest BCUT2D eigenvalue weighted by atomic mass is 9.74. The van der Waals surface area contributed by atoms with Crippen LogP contribution in [-0.2, 0) is 0 Å². The Kier molecular flexibility index (Phi) is 8.89. The number of fused-ring (bicyclic) bond motifs is 1. The van der Waals surface area contributed by atoms with E-state index in [9.17, 15) is 14.6 Å². The summed E-state index contributed by atoms with van der Waals surface area (Å²) in [5.74, 6) is 1.41. The van der Waals surface area contributed by atoms with Crippen LogP contribution in [0.4, 0.5) is 4.39 Å². The van der Waals surface area contributed by atoms with Crippen LogP contribution in [-0.4, -0.2) is 59.2 Å². The van der Waals surface area contributed by atoms with Crippen LogP contribution in [0, 0.1) is 11.2 Å². The number of aliphatic hydroxyl groups excluding tert-OH is 2. The molecule has 8 heteroatoms. The van der Waals surface area contributed by atoms with E-state index in [1.807, 2.05) is 30.3 Å². The van der Waals surface area contributed by atoms with Crippen molar-refractivity contribution in [2.45, 2.75) is 36.7 Å². The summed E-state index contributed by atoms with van der Waals surface area (Å²) < 4.78 is 18.4. The average molecular weight is 519 g/mol. The number of nitrogens with zero attached hydrogens (tertiary/aromatic N) is 2. The molecule has 0 unspecified atom stereocenters. The number of thioether (sulfide) groups is 1. The summed E-state index contributed by atoms with van der Waals surface area (Å²) in [6, 6.07) is 12.2. The van der Waals surface area contributed by atoms with E-state index >= 15 is 0 Å². The number of aliphatic hydroxyl groups is 2. The second-order valence-corrected chi connectivity index (χ2v) is 10.8. The molecular formula is C27H32ClFN2O3S. The summed E-state index contributed by atoms with van der Waals surface area (Å²) in [6.07, 6.45) is 3.82. The Labute approximate surface area is 215 Å². The van der Waals surface area contributed by atoms with E-state index in [0.29, 0.717) is 29.2 Å². The van der Waals surface area contributed by atoms with Crippen molar-refractivity contribution in [1.29, 1.82) is 0 Å². The van der Waals surface area contributed by atoms with Gasteiger partial charge in [-0.25, -0.2) is 4.39 Å². The minimum absolute atomic E-state index is 0.108. The van der Waals surface area contributed by atoms with Gasteiger partial charge in [-0.2, -0.15) is 0 Å². The quantitative estimate of drug-likeness (QED) is 0.335. The Morgan fingerprint density at radius 1 is 1.20 bits per heavy atom. The smallest absolute Gasteiger partial charge is 0.123 e. The second kappa shape index (κ2) is 11.9. The highest BCUT2D eigenvalue weighted by atomic mass is 35.5. The van der Waals surface area contributed by atoms with Crippen LogP contribution in [0.2, 0.25) is 5.02 Å². The van der Waals surface area contributed by atoms with Crippen molar-refractivity contribution < 1.29 is 19.3 Å². The lowest BCUT2D eigenvalue weighted by Gasteiger charge is -2.41. The number of methoxy groups -OCH3 is 1. The first-order chi connectivity index (χ1) is 16.9. The lowest BCUT2D eigenvalue weighted by Crippen LogP contribution is -2.43. The number of ether oxygens (including phenoxy) is 1. The Morgan fingerprint density at radius 2 is 1.94 bits per heavy atom. The zero-order valence-corrected chi connectivity index (χ0v) is 21.5. The van der Waals surface area contributed by atoms with Crippen LogP contribution in [0.3, 0.4) is 0 Å². The van der Waals surface area contributed by atoms with Gasteiger partial charge in [-0.15, -0.1) is 11.8 Å². The lowest BCUT2D eigenvalue weighted by molar-refractivity contribution is 0.0254. The maximum atomic E-state index is 13.1. The first kappa shape index (κ1) is 26.2. The Hall–Kier alpha value is -1.90. The fourth-order valence-electron chi connectivity index (χ4n) is 4.78. The van der Waals surface area contributed by atoms with Crippen LogP contribution < -0.4 is 4.74 Å². The minimum atomic E-state index is -0.756. The van der Waals surface area contributed by atoms with Crippen molar-refractivity contribution in [3.05, 3.63) is 65.1 Å². The molecule has 0 aliphatic carbocycles. The topological polar surface area (TPSA) is 65.8 Å². The van der Waals surface area contributed by atoms with Gasteiger partial charge in [0.1, 0.15) is 11.6 Å². The molecule has 0 spiro atoms. The van der Waals surface area contributed by atoms with E-state index in [0.717, 1.165) is 54.0 Å². The summed E-state index contributed by atoms with van der Waals surface area (Å²) in [4.78, 5) is 7.86. The largest absolute Gasteiger partial charge is 0.497 e. The third-order valence-corrected chi connectivity index (χ3v) is 8.38. The average Bonchev–Trinajstić information content (AvgIpc) is 2.89. The van der Waals surface area contributed by atoms with Crippen LogP contribution >= 0.6 is 23.4 Å². The van der Waals surface area contributed by atoms with Gasteiger partial charge >= 0.3 is 0 Å². The molecular weight excluding hydrogens is 487 g/mol. The molecule has 1 atom stereocenters. The highest BCUT2D eigenvalue weighted by Crippen LogP contribution is 2.40. The summed E-state index contributed by atoms with van der Waals surface area (Å²) in [5, 5.41) is 22.6. The van der Waals surface area contributed by atoms with Crippen molar-refractivity contribution in [3.8, 4) is 5.75 Å². The zero-order valence-electron chi connectivity index (χ0n) is 19.9. The molecule has 2 heterocycles.